The molecule has 138 valence electrons. The molecule has 0 amide bonds. The van der Waals surface area contributed by atoms with Gasteiger partial charge in [-0.05, 0) is 53.6 Å². The molecule has 27 heavy (non-hydrogen) atoms. The molecule has 1 fully saturated rings. The highest BCUT2D eigenvalue weighted by Crippen LogP contribution is 2.55. The van der Waals surface area contributed by atoms with Gasteiger partial charge in [-0.2, -0.15) is 13.2 Å². The van der Waals surface area contributed by atoms with Crippen LogP contribution >= 0.6 is 0 Å². The Morgan fingerprint density at radius 2 is 1.52 bits per heavy atom. The Kier molecular flexibility index (Phi) is 4.25. The standard InChI is InChI=1S/C19H15F3N4O/c1-27-14-6-11(5-13(7-14)19(20,21)22)15-8-16(15)12-9-25-18(26-10-12)17-23-3-2-4-24-17/h2-7,9-10,15-16H,8H2,1H3/t15-,16+/m1/s1. The molecule has 0 saturated heterocycles. The molecule has 0 aliphatic heterocycles. The van der Waals surface area contributed by atoms with Crippen LogP contribution < -0.4 is 4.74 Å². The van der Waals surface area contributed by atoms with Gasteiger partial charge >= 0.3 is 6.18 Å². The second-order valence-electron chi connectivity index (χ2n) is 6.35. The number of alkyl halides is 3. The van der Waals surface area contributed by atoms with Crippen molar-refractivity contribution in [1.29, 1.82) is 0 Å². The summed E-state index contributed by atoms with van der Waals surface area (Å²) in [7, 11) is 1.36. The van der Waals surface area contributed by atoms with E-state index in [2.05, 4.69) is 19.9 Å². The van der Waals surface area contributed by atoms with E-state index >= 15 is 0 Å². The van der Waals surface area contributed by atoms with Crippen molar-refractivity contribution in [3.8, 4) is 17.4 Å². The van der Waals surface area contributed by atoms with Crippen molar-refractivity contribution in [2.24, 2.45) is 0 Å². The average Bonchev–Trinajstić information content (AvgIpc) is 3.49. The second kappa shape index (κ2) is 6.61. The Labute approximate surface area is 153 Å². The van der Waals surface area contributed by atoms with E-state index in [-0.39, 0.29) is 17.6 Å². The van der Waals surface area contributed by atoms with Crippen molar-refractivity contribution >= 4 is 0 Å². The SMILES string of the molecule is COc1cc([C@H]2C[C@H]2c2cnc(-c3ncccn3)nc2)cc(C(F)(F)F)c1. The number of aromatic nitrogens is 4. The predicted molar refractivity (Wildman–Crippen MR) is 91.2 cm³/mol. The van der Waals surface area contributed by atoms with Gasteiger partial charge in [0.15, 0.2) is 11.6 Å². The number of benzene rings is 1. The first-order valence-corrected chi connectivity index (χ1v) is 8.31. The van der Waals surface area contributed by atoms with E-state index in [1.54, 1.807) is 36.9 Å². The maximum atomic E-state index is 13.1. The topological polar surface area (TPSA) is 60.8 Å². The Bertz CT molecular complexity index is 945. The average molecular weight is 372 g/mol. The molecule has 1 aromatic carbocycles. The number of rotatable bonds is 4. The maximum absolute atomic E-state index is 13.1. The summed E-state index contributed by atoms with van der Waals surface area (Å²) in [5.74, 6) is 1.13. The fraction of sp³-hybridized carbons (Fsp3) is 0.263. The minimum Gasteiger partial charge on any atom is -0.497 e. The summed E-state index contributed by atoms with van der Waals surface area (Å²) in [6.45, 7) is 0. The lowest BCUT2D eigenvalue weighted by Crippen LogP contribution is -2.06. The molecule has 5 nitrogen and oxygen atoms in total. The molecule has 2 heterocycles. The summed E-state index contributed by atoms with van der Waals surface area (Å²) >= 11 is 0. The van der Waals surface area contributed by atoms with Gasteiger partial charge in [-0.25, -0.2) is 19.9 Å². The third-order valence-electron chi connectivity index (χ3n) is 4.58. The first kappa shape index (κ1) is 17.4. The zero-order valence-electron chi connectivity index (χ0n) is 14.3. The molecule has 1 aliphatic carbocycles. The van der Waals surface area contributed by atoms with Gasteiger partial charge in [0.1, 0.15) is 5.75 Å². The highest BCUT2D eigenvalue weighted by molar-refractivity contribution is 5.45. The zero-order valence-corrected chi connectivity index (χ0v) is 14.3. The van der Waals surface area contributed by atoms with Crippen LogP contribution in [0.2, 0.25) is 0 Å². The normalized spacial score (nSPS) is 19.0. The lowest BCUT2D eigenvalue weighted by molar-refractivity contribution is -0.137. The highest BCUT2D eigenvalue weighted by Gasteiger charge is 2.41. The van der Waals surface area contributed by atoms with Crippen molar-refractivity contribution < 1.29 is 17.9 Å². The van der Waals surface area contributed by atoms with Crippen LogP contribution in [-0.2, 0) is 6.18 Å². The molecule has 0 radical (unpaired) electrons. The molecule has 1 aliphatic rings. The van der Waals surface area contributed by atoms with E-state index in [1.807, 2.05) is 0 Å². The van der Waals surface area contributed by atoms with Gasteiger partial charge < -0.3 is 4.74 Å². The summed E-state index contributed by atoms with van der Waals surface area (Å²) < 4.78 is 44.4. The molecule has 4 rings (SSSR count). The van der Waals surface area contributed by atoms with Crippen LogP contribution in [0.5, 0.6) is 5.75 Å². The fourth-order valence-corrected chi connectivity index (χ4v) is 3.11. The van der Waals surface area contributed by atoms with Crippen LogP contribution in [0.15, 0.2) is 49.1 Å². The van der Waals surface area contributed by atoms with Crippen LogP contribution in [0.1, 0.15) is 34.9 Å². The van der Waals surface area contributed by atoms with Crippen LogP contribution in [0.25, 0.3) is 11.6 Å². The fourth-order valence-electron chi connectivity index (χ4n) is 3.11. The third kappa shape index (κ3) is 3.60. The van der Waals surface area contributed by atoms with E-state index in [0.717, 1.165) is 18.1 Å². The van der Waals surface area contributed by atoms with Crippen molar-refractivity contribution in [3.63, 3.8) is 0 Å². The van der Waals surface area contributed by atoms with Gasteiger partial charge in [0.25, 0.3) is 0 Å². The molecule has 8 heteroatoms. The van der Waals surface area contributed by atoms with Gasteiger partial charge in [-0.15, -0.1) is 0 Å². The number of hydrogen-bond acceptors (Lipinski definition) is 5. The summed E-state index contributed by atoms with van der Waals surface area (Å²) in [5, 5.41) is 0. The van der Waals surface area contributed by atoms with E-state index in [9.17, 15) is 13.2 Å². The molecular formula is C19H15F3N4O. The molecule has 0 N–H and O–H groups in total. The Morgan fingerprint density at radius 1 is 0.889 bits per heavy atom. The highest BCUT2D eigenvalue weighted by atomic mass is 19.4. The van der Waals surface area contributed by atoms with Crippen molar-refractivity contribution in [3.05, 3.63) is 65.7 Å². The van der Waals surface area contributed by atoms with Crippen LogP contribution in [-0.4, -0.2) is 27.0 Å². The molecule has 0 unspecified atom stereocenters. The lowest BCUT2D eigenvalue weighted by Gasteiger charge is -2.11. The Hall–Kier alpha value is -3.03. The van der Waals surface area contributed by atoms with E-state index in [4.69, 9.17) is 4.74 Å². The number of methoxy groups -OCH3 is 1. The molecular weight excluding hydrogens is 357 g/mol. The van der Waals surface area contributed by atoms with E-state index in [0.29, 0.717) is 17.2 Å². The maximum Gasteiger partial charge on any atom is 0.416 e. The summed E-state index contributed by atoms with van der Waals surface area (Å²) in [4.78, 5) is 16.8. The Morgan fingerprint density at radius 3 is 2.15 bits per heavy atom. The molecule has 1 saturated carbocycles. The van der Waals surface area contributed by atoms with Crippen molar-refractivity contribution in [1.82, 2.24) is 19.9 Å². The number of halogens is 3. The van der Waals surface area contributed by atoms with Gasteiger partial charge in [0.05, 0.1) is 12.7 Å². The summed E-state index contributed by atoms with van der Waals surface area (Å²) in [6, 6.07) is 5.57. The largest absolute Gasteiger partial charge is 0.497 e. The van der Waals surface area contributed by atoms with Crippen LogP contribution in [0.3, 0.4) is 0 Å². The summed E-state index contributed by atoms with van der Waals surface area (Å²) in [5.41, 5.74) is 0.800. The van der Waals surface area contributed by atoms with Gasteiger partial charge in [-0.1, -0.05) is 0 Å². The van der Waals surface area contributed by atoms with E-state index in [1.165, 1.54) is 13.2 Å². The first-order chi connectivity index (χ1) is 13.0. The van der Waals surface area contributed by atoms with E-state index < -0.39 is 11.7 Å². The number of hydrogen-bond donors (Lipinski definition) is 0. The van der Waals surface area contributed by atoms with Gasteiger partial charge in [-0.3, -0.25) is 0 Å². The van der Waals surface area contributed by atoms with Crippen molar-refractivity contribution in [2.45, 2.75) is 24.4 Å². The quantitative estimate of drug-likeness (QED) is 0.686. The van der Waals surface area contributed by atoms with Crippen molar-refractivity contribution in [2.75, 3.05) is 7.11 Å². The molecule has 3 aromatic rings. The second-order valence-corrected chi connectivity index (χ2v) is 6.35. The number of ether oxygens (including phenoxy) is 1. The lowest BCUT2D eigenvalue weighted by atomic mass is 10.0. The minimum absolute atomic E-state index is 0.0105. The first-order valence-electron chi connectivity index (χ1n) is 8.31. The summed E-state index contributed by atoms with van der Waals surface area (Å²) in [6.07, 6.45) is 2.93. The smallest absolute Gasteiger partial charge is 0.416 e. The molecule has 2 atom stereocenters. The molecule has 0 bridgehead atoms. The van der Waals surface area contributed by atoms with Gasteiger partial charge in [0, 0.05) is 24.8 Å². The Balaban J connectivity index is 1.56. The van der Waals surface area contributed by atoms with Crippen LogP contribution in [0, 0.1) is 0 Å². The third-order valence-corrected chi connectivity index (χ3v) is 4.58. The predicted octanol–water partition coefficient (Wildman–Crippen LogP) is 4.23. The zero-order chi connectivity index (χ0) is 19.0. The van der Waals surface area contributed by atoms with Crippen LogP contribution in [0.4, 0.5) is 13.2 Å². The molecule has 2 aromatic heterocycles. The van der Waals surface area contributed by atoms with Gasteiger partial charge in [0.2, 0.25) is 0 Å². The minimum atomic E-state index is -4.41. The monoisotopic (exact) mass is 372 g/mol. The number of nitrogens with zero attached hydrogens (tertiary/aromatic N) is 4. The molecule has 0 spiro atoms.